The summed E-state index contributed by atoms with van der Waals surface area (Å²) in [6.07, 6.45) is 0. The van der Waals surface area contributed by atoms with Crippen molar-refractivity contribution in [3.05, 3.63) is 86.0 Å². The van der Waals surface area contributed by atoms with Gasteiger partial charge in [-0.05, 0) is 47.3 Å². The van der Waals surface area contributed by atoms with Crippen molar-refractivity contribution in [1.29, 1.82) is 0 Å². The lowest BCUT2D eigenvalue weighted by Crippen LogP contribution is -2.23. The maximum absolute atomic E-state index is 12.4. The maximum Gasteiger partial charge on any atom is 0.265 e. The van der Waals surface area contributed by atoms with E-state index in [0.717, 1.165) is 5.56 Å². The first kappa shape index (κ1) is 18.5. The van der Waals surface area contributed by atoms with Crippen LogP contribution in [0.2, 0.25) is 10.0 Å². The number of anilines is 1. The van der Waals surface area contributed by atoms with Crippen LogP contribution < -0.4 is 10.6 Å². The molecule has 0 fully saturated rings. The van der Waals surface area contributed by atoms with Gasteiger partial charge in [0.25, 0.3) is 11.8 Å². The molecule has 0 radical (unpaired) electrons. The first-order chi connectivity index (χ1) is 12.5. The molecule has 0 spiro atoms. The van der Waals surface area contributed by atoms with E-state index in [-0.39, 0.29) is 11.8 Å². The van der Waals surface area contributed by atoms with Crippen molar-refractivity contribution < 1.29 is 9.59 Å². The number of carbonyl (C=O) groups is 2. The Hall–Kier alpha value is -2.34. The molecule has 1 aromatic heterocycles. The molecule has 4 nitrogen and oxygen atoms in total. The van der Waals surface area contributed by atoms with Gasteiger partial charge in [0, 0.05) is 17.1 Å². The van der Waals surface area contributed by atoms with Crippen molar-refractivity contribution in [1.82, 2.24) is 5.32 Å². The van der Waals surface area contributed by atoms with Gasteiger partial charge in [-0.25, -0.2) is 0 Å². The Kier molecular flexibility index (Phi) is 5.93. The molecule has 3 aromatic rings. The second-order valence-corrected chi connectivity index (χ2v) is 7.23. The van der Waals surface area contributed by atoms with Gasteiger partial charge in [0.05, 0.1) is 15.6 Å². The van der Waals surface area contributed by atoms with Gasteiger partial charge in [-0.1, -0.05) is 41.4 Å². The van der Waals surface area contributed by atoms with Gasteiger partial charge in [0.1, 0.15) is 0 Å². The van der Waals surface area contributed by atoms with Gasteiger partial charge in [0.2, 0.25) is 0 Å². The minimum atomic E-state index is -0.263. The van der Waals surface area contributed by atoms with E-state index in [1.807, 2.05) is 17.5 Å². The maximum atomic E-state index is 12.4. The Morgan fingerprint density at radius 1 is 0.962 bits per heavy atom. The number of hydrogen-bond donors (Lipinski definition) is 2. The summed E-state index contributed by atoms with van der Waals surface area (Å²) in [5.74, 6) is -0.524. The van der Waals surface area contributed by atoms with E-state index in [1.54, 1.807) is 42.5 Å². The van der Waals surface area contributed by atoms with Gasteiger partial charge in [-0.3, -0.25) is 9.59 Å². The smallest absolute Gasteiger partial charge is 0.265 e. The number of thiophene rings is 1. The Bertz CT molecular complexity index is 925. The zero-order chi connectivity index (χ0) is 18.5. The predicted molar refractivity (Wildman–Crippen MR) is 106 cm³/mol. The number of nitrogens with one attached hydrogen (secondary N) is 2. The summed E-state index contributed by atoms with van der Waals surface area (Å²) < 4.78 is 0. The van der Waals surface area contributed by atoms with E-state index >= 15 is 0 Å². The van der Waals surface area contributed by atoms with E-state index in [0.29, 0.717) is 32.7 Å². The number of rotatable bonds is 5. The highest BCUT2D eigenvalue weighted by molar-refractivity contribution is 7.12. The monoisotopic (exact) mass is 404 g/mol. The Labute approximate surface area is 164 Å². The highest BCUT2D eigenvalue weighted by Crippen LogP contribution is 2.24. The van der Waals surface area contributed by atoms with Crippen molar-refractivity contribution in [3.8, 4) is 0 Å². The summed E-state index contributed by atoms with van der Waals surface area (Å²) in [4.78, 5) is 25.1. The molecule has 0 unspecified atom stereocenters. The Balaban J connectivity index is 1.68. The summed E-state index contributed by atoms with van der Waals surface area (Å²) in [6, 6.07) is 15.5. The summed E-state index contributed by atoms with van der Waals surface area (Å²) >= 11 is 13.3. The summed E-state index contributed by atoms with van der Waals surface area (Å²) in [7, 11) is 0. The molecule has 2 aromatic carbocycles. The minimum Gasteiger partial charge on any atom is -0.348 e. The normalized spacial score (nSPS) is 10.4. The summed E-state index contributed by atoms with van der Waals surface area (Å²) in [5, 5.41) is 8.38. The van der Waals surface area contributed by atoms with Gasteiger partial charge in [-0.2, -0.15) is 0 Å². The first-order valence-electron chi connectivity index (χ1n) is 7.70. The van der Waals surface area contributed by atoms with Crippen LogP contribution in [0.1, 0.15) is 25.6 Å². The largest absolute Gasteiger partial charge is 0.348 e. The summed E-state index contributed by atoms with van der Waals surface area (Å²) in [5.41, 5.74) is 1.73. The molecule has 0 saturated carbocycles. The third kappa shape index (κ3) is 4.64. The van der Waals surface area contributed by atoms with E-state index < -0.39 is 0 Å². The van der Waals surface area contributed by atoms with E-state index in [1.165, 1.54) is 11.3 Å². The van der Waals surface area contributed by atoms with E-state index in [9.17, 15) is 9.59 Å². The highest BCUT2D eigenvalue weighted by atomic mass is 35.5. The van der Waals surface area contributed by atoms with Crippen LogP contribution in [0.4, 0.5) is 5.69 Å². The third-order valence-corrected chi connectivity index (χ3v) is 5.04. The molecule has 0 aliphatic rings. The topological polar surface area (TPSA) is 58.2 Å². The van der Waals surface area contributed by atoms with Crippen molar-refractivity contribution in [2.75, 3.05) is 5.32 Å². The van der Waals surface area contributed by atoms with Crippen LogP contribution in [0, 0.1) is 0 Å². The average molecular weight is 405 g/mol. The third-order valence-electron chi connectivity index (χ3n) is 3.59. The van der Waals surface area contributed by atoms with Gasteiger partial charge in [0.15, 0.2) is 0 Å². The van der Waals surface area contributed by atoms with Crippen LogP contribution >= 0.6 is 34.5 Å². The number of hydrogen-bond acceptors (Lipinski definition) is 3. The average Bonchev–Trinajstić information content (AvgIpc) is 3.17. The second kappa shape index (κ2) is 8.36. The fourth-order valence-electron chi connectivity index (χ4n) is 2.24. The fourth-order valence-corrected chi connectivity index (χ4v) is 3.15. The van der Waals surface area contributed by atoms with Crippen molar-refractivity contribution in [2.24, 2.45) is 0 Å². The number of amides is 2. The fraction of sp³-hybridized carbons (Fsp3) is 0.0526. The van der Waals surface area contributed by atoms with Gasteiger partial charge < -0.3 is 10.6 Å². The minimum absolute atomic E-state index is 0.261. The number of carbonyl (C=O) groups excluding carboxylic acids is 2. The predicted octanol–water partition coefficient (Wildman–Crippen LogP) is 5.24. The molecule has 0 saturated heterocycles. The van der Waals surface area contributed by atoms with Crippen LogP contribution in [-0.2, 0) is 6.54 Å². The number of halogens is 2. The lowest BCUT2D eigenvalue weighted by Gasteiger charge is -2.10. The van der Waals surface area contributed by atoms with E-state index in [2.05, 4.69) is 10.6 Å². The van der Waals surface area contributed by atoms with Crippen LogP contribution in [0.25, 0.3) is 0 Å². The van der Waals surface area contributed by atoms with Crippen molar-refractivity contribution in [3.63, 3.8) is 0 Å². The molecular formula is C19H14Cl2N2O2S. The molecule has 7 heteroatoms. The molecule has 2 N–H and O–H groups in total. The second-order valence-electron chi connectivity index (χ2n) is 5.44. The molecular weight excluding hydrogens is 391 g/mol. The zero-order valence-corrected chi connectivity index (χ0v) is 15.8. The first-order valence-corrected chi connectivity index (χ1v) is 9.33. The van der Waals surface area contributed by atoms with E-state index in [4.69, 9.17) is 23.2 Å². The molecule has 3 rings (SSSR count). The standard InChI is InChI=1S/C19H14Cl2N2O2S/c20-14-6-3-12(4-7-14)11-22-18(24)13-5-8-15(21)16(10-13)23-19(25)17-2-1-9-26-17/h1-10H,11H2,(H,22,24)(H,23,25). The quantitative estimate of drug-likeness (QED) is 0.610. The van der Waals surface area contributed by atoms with Crippen LogP contribution in [0.15, 0.2) is 60.0 Å². The molecule has 132 valence electrons. The number of benzene rings is 2. The molecule has 0 bridgehead atoms. The molecule has 0 aliphatic carbocycles. The lowest BCUT2D eigenvalue weighted by molar-refractivity contribution is 0.0949. The van der Waals surface area contributed by atoms with Crippen molar-refractivity contribution >= 4 is 52.0 Å². The lowest BCUT2D eigenvalue weighted by atomic mass is 10.1. The van der Waals surface area contributed by atoms with Crippen LogP contribution in [0.5, 0.6) is 0 Å². The van der Waals surface area contributed by atoms with Gasteiger partial charge in [-0.15, -0.1) is 11.3 Å². The Morgan fingerprint density at radius 2 is 1.73 bits per heavy atom. The SMILES string of the molecule is O=C(NCc1ccc(Cl)cc1)c1ccc(Cl)c(NC(=O)c2cccs2)c1. The summed E-state index contributed by atoms with van der Waals surface area (Å²) in [6.45, 7) is 0.371. The molecule has 26 heavy (non-hydrogen) atoms. The Morgan fingerprint density at radius 3 is 2.42 bits per heavy atom. The zero-order valence-electron chi connectivity index (χ0n) is 13.5. The van der Waals surface area contributed by atoms with Crippen molar-refractivity contribution in [2.45, 2.75) is 6.54 Å². The molecule has 2 amide bonds. The highest BCUT2D eigenvalue weighted by Gasteiger charge is 2.13. The molecule has 1 heterocycles. The molecule has 0 atom stereocenters. The van der Waals surface area contributed by atoms with Crippen LogP contribution in [0.3, 0.4) is 0 Å². The van der Waals surface area contributed by atoms with Crippen LogP contribution in [-0.4, -0.2) is 11.8 Å². The molecule has 0 aliphatic heterocycles. The van der Waals surface area contributed by atoms with Gasteiger partial charge >= 0.3 is 0 Å².